The molecule has 1 fully saturated rings. The van der Waals surface area contributed by atoms with E-state index in [1.807, 2.05) is 0 Å². The quantitative estimate of drug-likeness (QED) is 0.747. The van der Waals surface area contributed by atoms with Gasteiger partial charge in [-0.25, -0.2) is 0 Å². The number of nitrogen functional groups attached to an aromatic ring is 1. The summed E-state index contributed by atoms with van der Waals surface area (Å²) in [5, 5.41) is 3.48. The normalized spacial score (nSPS) is 20.1. The lowest BCUT2D eigenvalue weighted by Crippen LogP contribution is -2.16. The molecule has 1 aliphatic carbocycles. The van der Waals surface area contributed by atoms with Gasteiger partial charge in [0.25, 0.3) is 5.91 Å². The molecule has 0 bridgehead atoms. The lowest BCUT2D eigenvalue weighted by molar-refractivity contribution is 0.100. The Kier molecular flexibility index (Phi) is 3.08. The molecule has 0 saturated heterocycles. The van der Waals surface area contributed by atoms with Crippen LogP contribution in [-0.4, -0.2) is 11.9 Å². The third-order valence-corrected chi connectivity index (χ3v) is 5.38. The maximum Gasteiger partial charge on any atom is 0.250 e. The summed E-state index contributed by atoms with van der Waals surface area (Å²) < 4.78 is 0.841. The van der Waals surface area contributed by atoms with Crippen molar-refractivity contribution in [3.63, 3.8) is 0 Å². The zero-order valence-corrected chi connectivity index (χ0v) is 13.3. The van der Waals surface area contributed by atoms with E-state index >= 15 is 0 Å². The van der Waals surface area contributed by atoms with Crippen molar-refractivity contribution in [3.05, 3.63) is 22.2 Å². The first-order valence-corrected chi connectivity index (χ1v) is 7.03. The molecule has 0 unspecified atom stereocenters. The number of primary amides is 1. The molecule has 2 rings (SSSR count). The summed E-state index contributed by atoms with van der Waals surface area (Å²) in [4.78, 5) is 11.3. The van der Waals surface area contributed by atoms with Crippen LogP contribution in [0.3, 0.4) is 0 Å². The molecule has 0 heterocycles. The fraction of sp³-hybridized carbons (Fsp3) is 0.500. The Morgan fingerprint density at radius 3 is 2.21 bits per heavy atom. The predicted molar refractivity (Wildman–Crippen MR) is 82.0 cm³/mol. The standard InChI is InChI=1S/C14H20BrN3O/c1-13(2)12(14(13,3)4)18-10-5-7(11(17)19)9(16)6-8(10)15/h5-6,12,18H,16H2,1-4H3,(H2,17,19). The van der Waals surface area contributed by atoms with Gasteiger partial charge in [0, 0.05) is 21.9 Å². The summed E-state index contributed by atoms with van der Waals surface area (Å²) in [6.45, 7) is 8.91. The molecule has 0 radical (unpaired) electrons. The van der Waals surface area contributed by atoms with Gasteiger partial charge in [0.1, 0.15) is 0 Å². The van der Waals surface area contributed by atoms with Gasteiger partial charge in [-0.15, -0.1) is 0 Å². The summed E-state index contributed by atoms with van der Waals surface area (Å²) in [6, 6.07) is 3.78. The van der Waals surface area contributed by atoms with Crippen LogP contribution in [0.15, 0.2) is 16.6 Å². The number of carbonyl (C=O) groups excluding carboxylic acids is 1. The van der Waals surface area contributed by atoms with E-state index in [-0.39, 0.29) is 10.8 Å². The number of halogens is 1. The molecule has 5 heteroatoms. The molecule has 1 amide bonds. The van der Waals surface area contributed by atoms with E-state index in [9.17, 15) is 4.79 Å². The van der Waals surface area contributed by atoms with Gasteiger partial charge in [-0.1, -0.05) is 27.7 Å². The number of benzene rings is 1. The van der Waals surface area contributed by atoms with Crippen LogP contribution in [0.4, 0.5) is 11.4 Å². The van der Waals surface area contributed by atoms with Gasteiger partial charge in [0.05, 0.1) is 5.56 Å². The second-order valence-corrected chi connectivity index (χ2v) is 7.16. The van der Waals surface area contributed by atoms with Crippen molar-refractivity contribution in [2.45, 2.75) is 33.7 Å². The van der Waals surface area contributed by atoms with Crippen LogP contribution in [0.5, 0.6) is 0 Å². The van der Waals surface area contributed by atoms with Gasteiger partial charge in [0.2, 0.25) is 0 Å². The smallest absolute Gasteiger partial charge is 0.250 e. The predicted octanol–water partition coefficient (Wildman–Crippen LogP) is 2.98. The van der Waals surface area contributed by atoms with E-state index in [4.69, 9.17) is 11.5 Å². The Morgan fingerprint density at radius 1 is 1.26 bits per heavy atom. The molecular weight excluding hydrogens is 306 g/mol. The average Bonchev–Trinajstić information content (AvgIpc) is 2.63. The zero-order valence-electron chi connectivity index (χ0n) is 11.7. The Morgan fingerprint density at radius 2 is 1.79 bits per heavy atom. The van der Waals surface area contributed by atoms with Gasteiger partial charge in [0.15, 0.2) is 0 Å². The summed E-state index contributed by atoms with van der Waals surface area (Å²) in [6.07, 6.45) is 0. The summed E-state index contributed by atoms with van der Waals surface area (Å²) >= 11 is 3.47. The lowest BCUT2D eigenvalue weighted by Gasteiger charge is -2.13. The summed E-state index contributed by atoms with van der Waals surface area (Å²) in [7, 11) is 0. The SMILES string of the molecule is CC1(C)C(Nc2cc(C(N)=O)c(N)cc2Br)C1(C)C. The number of nitrogens with two attached hydrogens (primary N) is 2. The van der Waals surface area contributed by atoms with Gasteiger partial charge >= 0.3 is 0 Å². The third-order valence-electron chi connectivity index (χ3n) is 4.73. The van der Waals surface area contributed by atoms with Crippen molar-refractivity contribution in [3.8, 4) is 0 Å². The van der Waals surface area contributed by atoms with Crippen molar-refractivity contribution in [2.24, 2.45) is 16.6 Å². The Balaban J connectivity index is 2.32. The summed E-state index contributed by atoms with van der Waals surface area (Å²) in [5.74, 6) is -0.512. The number of carbonyl (C=O) groups is 1. The highest BCUT2D eigenvalue weighted by Gasteiger charge is 2.65. The van der Waals surface area contributed by atoms with Crippen LogP contribution < -0.4 is 16.8 Å². The second kappa shape index (κ2) is 4.13. The van der Waals surface area contributed by atoms with Gasteiger partial charge in [-0.2, -0.15) is 0 Å². The van der Waals surface area contributed by atoms with E-state index in [1.165, 1.54) is 0 Å². The van der Waals surface area contributed by atoms with Crippen molar-refractivity contribution in [1.82, 2.24) is 0 Å². The molecule has 19 heavy (non-hydrogen) atoms. The first kappa shape index (κ1) is 14.2. The molecule has 0 aliphatic heterocycles. The Hall–Kier alpha value is -1.23. The van der Waals surface area contributed by atoms with Gasteiger partial charge < -0.3 is 16.8 Å². The minimum Gasteiger partial charge on any atom is -0.398 e. The van der Waals surface area contributed by atoms with Crippen LogP contribution in [0.25, 0.3) is 0 Å². The van der Waals surface area contributed by atoms with E-state index in [0.29, 0.717) is 17.3 Å². The Labute approximate surface area is 122 Å². The molecule has 0 aromatic heterocycles. The highest BCUT2D eigenvalue weighted by molar-refractivity contribution is 9.10. The molecule has 1 aromatic rings. The third kappa shape index (κ3) is 2.10. The maximum atomic E-state index is 11.3. The van der Waals surface area contributed by atoms with Crippen LogP contribution in [-0.2, 0) is 0 Å². The van der Waals surface area contributed by atoms with Gasteiger partial charge in [-0.05, 0) is 38.9 Å². The molecule has 0 spiro atoms. The summed E-state index contributed by atoms with van der Waals surface area (Å²) in [5.41, 5.74) is 13.1. The van der Waals surface area contributed by atoms with Crippen molar-refractivity contribution < 1.29 is 4.79 Å². The first-order chi connectivity index (χ1) is 8.59. The maximum absolute atomic E-state index is 11.3. The van der Waals surface area contributed by atoms with E-state index < -0.39 is 5.91 Å². The zero-order chi connectivity index (χ0) is 14.6. The average molecular weight is 326 g/mol. The highest BCUT2D eigenvalue weighted by Crippen LogP contribution is 2.64. The van der Waals surface area contributed by atoms with Crippen molar-refractivity contribution >= 4 is 33.2 Å². The second-order valence-electron chi connectivity index (χ2n) is 6.30. The van der Waals surface area contributed by atoms with E-state index in [1.54, 1.807) is 12.1 Å². The first-order valence-electron chi connectivity index (χ1n) is 6.24. The van der Waals surface area contributed by atoms with E-state index in [0.717, 1.165) is 10.2 Å². The monoisotopic (exact) mass is 325 g/mol. The van der Waals surface area contributed by atoms with Crippen LogP contribution in [0, 0.1) is 10.8 Å². The topological polar surface area (TPSA) is 81.1 Å². The number of nitrogens with one attached hydrogen (secondary N) is 1. The number of hydrogen-bond acceptors (Lipinski definition) is 3. The number of amides is 1. The largest absolute Gasteiger partial charge is 0.398 e. The number of anilines is 2. The molecule has 1 aliphatic rings. The van der Waals surface area contributed by atoms with Gasteiger partial charge in [-0.3, -0.25) is 4.79 Å². The fourth-order valence-corrected chi connectivity index (χ4v) is 3.10. The fourth-order valence-electron chi connectivity index (χ4n) is 2.63. The minimum absolute atomic E-state index is 0.209. The Bertz CT molecular complexity index is 538. The van der Waals surface area contributed by atoms with Crippen LogP contribution in [0.2, 0.25) is 0 Å². The molecule has 0 atom stereocenters. The molecule has 5 N–H and O–H groups in total. The number of hydrogen-bond donors (Lipinski definition) is 3. The highest BCUT2D eigenvalue weighted by atomic mass is 79.9. The van der Waals surface area contributed by atoms with E-state index in [2.05, 4.69) is 48.9 Å². The van der Waals surface area contributed by atoms with Crippen molar-refractivity contribution in [2.75, 3.05) is 11.1 Å². The molecule has 1 saturated carbocycles. The van der Waals surface area contributed by atoms with Crippen LogP contribution in [0.1, 0.15) is 38.1 Å². The van der Waals surface area contributed by atoms with Crippen LogP contribution >= 0.6 is 15.9 Å². The minimum atomic E-state index is -0.512. The molecule has 1 aromatic carbocycles. The molecular formula is C14H20BrN3O. The number of rotatable bonds is 3. The molecule has 4 nitrogen and oxygen atoms in total. The lowest BCUT2D eigenvalue weighted by atomic mass is 10.0. The molecule has 104 valence electrons. The van der Waals surface area contributed by atoms with Crippen molar-refractivity contribution in [1.29, 1.82) is 0 Å².